The Balaban J connectivity index is 1.84. The molecule has 0 unspecified atom stereocenters. The fourth-order valence-corrected chi connectivity index (χ4v) is 6.93. The molecule has 0 aliphatic rings. The lowest BCUT2D eigenvalue weighted by Crippen LogP contribution is -2.46. The lowest BCUT2D eigenvalue weighted by Gasteiger charge is -2.38. The summed E-state index contributed by atoms with van der Waals surface area (Å²) in [5, 5.41) is 6.60. The topological polar surface area (TPSA) is 12.0 Å². The first-order valence-electron chi connectivity index (χ1n) is 11.2. The molecule has 0 spiro atoms. The molecule has 4 aromatic rings. The summed E-state index contributed by atoms with van der Waals surface area (Å²) >= 11 is 0. The predicted octanol–water partition coefficient (Wildman–Crippen LogP) is 7.33. The van der Waals surface area contributed by atoms with Crippen molar-refractivity contribution in [3.05, 3.63) is 144 Å². The first-order chi connectivity index (χ1) is 15.6. The van der Waals surface area contributed by atoms with E-state index in [1.54, 1.807) is 0 Å². The van der Waals surface area contributed by atoms with Crippen molar-refractivity contribution >= 4 is 18.9 Å². The molecular formula is C30H31NSi. The molecule has 4 rings (SSSR count). The number of rotatable bonds is 8. The van der Waals surface area contributed by atoms with Gasteiger partial charge in [-0.2, -0.15) is 0 Å². The summed E-state index contributed by atoms with van der Waals surface area (Å²) in [5.74, 6) is 0.140. The Morgan fingerprint density at radius 1 is 0.625 bits per heavy atom. The Morgan fingerprint density at radius 3 is 1.59 bits per heavy atom. The largest absolute Gasteiger partial charge is 0.377 e. The Kier molecular flexibility index (Phi) is 6.72. The van der Waals surface area contributed by atoms with Crippen molar-refractivity contribution < 1.29 is 0 Å². The van der Waals surface area contributed by atoms with Gasteiger partial charge in [0.1, 0.15) is 8.07 Å². The van der Waals surface area contributed by atoms with E-state index in [9.17, 15) is 0 Å². The first-order valence-corrected chi connectivity index (χ1v) is 14.2. The van der Waals surface area contributed by atoms with Crippen molar-refractivity contribution in [2.75, 3.05) is 5.32 Å². The zero-order valence-corrected chi connectivity index (χ0v) is 19.9. The van der Waals surface area contributed by atoms with Crippen molar-refractivity contribution in [1.82, 2.24) is 0 Å². The van der Waals surface area contributed by atoms with Gasteiger partial charge in [0.15, 0.2) is 0 Å². The van der Waals surface area contributed by atoms with E-state index in [0.29, 0.717) is 0 Å². The van der Waals surface area contributed by atoms with Gasteiger partial charge in [-0.3, -0.25) is 0 Å². The van der Waals surface area contributed by atoms with Gasteiger partial charge in [-0.25, -0.2) is 0 Å². The molecule has 0 amide bonds. The van der Waals surface area contributed by atoms with E-state index in [0.717, 1.165) is 5.69 Å². The van der Waals surface area contributed by atoms with E-state index in [4.69, 9.17) is 6.58 Å². The minimum absolute atomic E-state index is 0.0731. The summed E-state index contributed by atoms with van der Waals surface area (Å²) in [6.45, 7) is 9.63. The molecule has 0 bridgehead atoms. The van der Waals surface area contributed by atoms with E-state index < -0.39 is 8.07 Å². The molecule has 0 heterocycles. The van der Waals surface area contributed by atoms with Crippen LogP contribution in [0.5, 0.6) is 0 Å². The summed E-state index contributed by atoms with van der Waals surface area (Å²) in [7, 11) is -1.98. The Labute approximate surface area is 193 Å². The second-order valence-corrected chi connectivity index (χ2v) is 13.3. The van der Waals surface area contributed by atoms with Crippen LogP contribution in [-0.2, 0) is 0 Å². The van der Waals surface area contributed by atoms with Crippen LogP contribution < -0.4 is 10.5 Å². The highest BCUT2D eigenvalue weighted by Crippen LogP contribution is 2.41. The summed E-state index contributed by atoms with van der Waals surface area (Å²) < 4.78 is 0. The highest BCUT2D eigenvalue weighted by molar-refractivity contribution is 6.95. The average molecular weight is 434 g/mol. The van der Waals surface area contributed by atoms with Crippen LogP contribution >= 0.6 is 0 Å². The summed E-state index contributed by atoms with van der Waals surface area (Å²) in [6.07, 6.45) is 0. The maximum Gasteiger partial charge on any atom is 0.107 e. The fourth-order valence-electron chi connectivity index (χ4n) is 4.42. The second-order valence-electron chi connectivity index (χ2n) is 8.80. The predicted molar refractivity (Wildman–Crippen MR) is 141 cm³/mol. The highest BCUT2D eigenvalue weighted by atomic mass is 28.3. The first kappa shape index (κ1) is 21.9. The van der Waals surface area contributed by atoms with Crippen LogP contribution in [0.15, 0.2) is 133 Å². The van der Waals surface area contributed by atoms with Crippen molar-refractivity contribution in [1.29, 1.82) is 0 Å². The van der Waals surface area contributed by atoms with Gasteiger partial charge in [0.05, 0.1) is 6.04 Å². The molecular weight excluding hydrogens is 402 g/mol. The van der Waals surface area contributed by atoms with Crippen molar-refractivity contribution in [2.24, 2.45) is 0 Å². The summed E-state index contributed by atoms with van der Waals surface area (Å²) in [5.41, 5.74) is 3.68. The third-order valence-corrected chi connectivity index (χ3v) is 10.1. The minimum Gasteiger partial charge on any atom is -0.377 e. The lowest BCUT2D eigenvalue weighted by molar-refractivity contribution is 0.678. The van der Waals surface area contributed by atoms with Crippen LogP contribution in [0.4, 0.5) is 5.69 Å². The van der Waals surface area contributed by atoms with Gasteiger partial charge in [0, 0.05) is 11.6 Å². The van der Waals surface area contributed by atoms with Crippen LogP contribution in [0.2, 0.25) is 13.1 Å². The van der Waals surface area contributed by atoms with E-state index in [-0.39, 0.29) is 12.0 Å². The molecule has 4 aromatic carbocycles. The molecule has 160 valence electrons. The van der Waals surface area contributed by atoms with Gasteiger partial charge >= 0.3 is 0 Å². The summed E-state index contributed by atoms with van der Waals surface area (Å²) in [4.78, 5) is 0. The zero-order valence-electron chi connectivity index (χ0n) is 18.9. The van der Waals surface area contributed by atoms with E-state index in [1.807, 2.05) is 0 Å². The maximum absolute atomic E-state index is 4.79. The van der Waals surface area contributed by atoms with Crippen molar-refractivity contribution in [3.8, 4) is 0 Å². The monoisotopic (exact) mass is 433 g/mol. The molecule has 0 saturated heterocycles. The number of para-hydroxylation sites is 1. The fraction of sp³-hybridized carbons (Fsp3) is 0.133. The van der Waals surface area contributed by atoms with Gasteiger partial charge in [-0.05, 0) is 23.3 Å². The standard InChI is InChI=1S/C30H31NSi/c1-24(32(2,3)28-22-14-7-15-23-28)29(25-16-8-4-9-17-25)30(26-18-10-5-11-19-26)31-27-20-12-6-13-21-27/h4-23,29-31H,1H2,2-3H3/t29-,30-/m0/s1. The van der Waals surface area contributed by atoms with Crippen LogP contribution in [0.1, 0.15) is 23.1 Å². The zero-order chi connectivity index (χ0) is 22.4. The molecule has 0 saturated carbocycles. The van der Waals surface area contributed by atoms with E-state index in [2.05, 4.69) is 140 Å². The molecule has 0 aliphatic carbocycles. The van der Waals surface area contributed by atoms with Crippen LogP contribution in [0.3, 0.4) is 0 Å². The van der Waals surface area contributed by atoms with Crippen LogP contribution in [-0.4, -0.2) is 8.07 Å². The number of nitrogens with one attached hydrogen (secondary N) is 1. The van der Waals surface area contributed by atoms with E-state index in [1.165, 1.54) is 21.5 Å². The third kappa shape index (κ3) is 4.76. The Morgan fingerprint density at radius 2 is 1.06 bits per heavy atom. The van der Waals surface area contributed by atoms with Gasteiger partial charge in [0.2, 0.25) is 0 Å². The molecule has 0 aliphatic heterocycles. The van der Waals surface area contributed by atoms with Crippen LogP contribution in [0, 0.1) is 0 Å². The SMILES string of the molecule is C=C([C@@H](c1ccccc1)[C@@H](Nc1ccccc1)c1ccccc1)[Si](C)(C)c1ccccc1. The number of hydrogen-bond donors (Lipinski definition) is 1. The number of benzene rings is 4. The Hall–Kier alpha value is -3.36. The number of hydrogen-bond acceptors (Lipinski definition) is 1. The Bertz CT molecular complexity index is 1120. The molecule has 2 atom stereocenters. The molecule has 1 nitrogen and oxygen atoms in total. The van der Waals surface area contributed by atoms with E-state index >= 15 is 0 Å². The molecule has 1 N–H and O–H groups in total. The molecule has 0 fully saturated rings. The number of anilines is 1. The minimum atomic E-state index is -1.98. The lowest BCUT2D eigenvalue weighted by atomic mass is 9.86. The highest BCUT2D eigenvalue weighted by Gasteiger charge is 2.37. The second kappa shape index (κ2) is 9.84. The summed E-state index contributed by atoms with van der Waals surface area (Å²) in [6, 6.07) is 43.1. The molecule has 2 heteroatoms. The molecule has 0 aromatic heterocycles. The molecule has 32 heavy (non-hydrogen) atoms. The van der Waals surface area contributed by atoms with Gasteiger partial charge < -0.3 is 5.32 Å². The van der Waals surface area contributed by atoms with Gasteiger partial charge in [0.25, 0.3) is 0 Å². The third-order valence-electron chi connectivity index (χ3n) is 6.42. The van der Waals surface area contributed by atoms with Crippen molar-refractivity contribution in [3.63, 3.8) is 0 Å². The smallest absolute Gasteiger partial charge is 0.107 e. The van der Waals surface area contributed by atoms with Gasteiger partial charge in [-0.15, -0.1) is 6.58 Å². The average Bonchev–Trinajstić information content (AvgIpc) is 2.86. The molecule has 0 radical (unpaired) electrons. The normalized spacial score (nSPS) is 13.2. The van der Waals surface area contributed by atoms with Crippen molar-refractivity contribution in [2.45, 2.75) is 25.1 Å². The van der Waals surface area contributed by atoms with Crippen LogP contribution in [0.25, 0.3) is 0 Å². The van der Waals surface area contributed by atoms with Gasteiger partial charge in [-0.1, -0.05) is 133 Å². The maximum atomic E-state index is 4.79. The quantitative estimate of drug-likeness (QED) is 0.287.